The molecule has 0 aliphatic heterocycles. The summed E-state index contributed by atoms with van der Waals surface area (Å²) in [4.78, 5) is 2.49. The van der Waals surface area contributed by atoms with Gasteiger partial charge in [0.05, 0.1) is 0 Å². The van der Waals surface area contributed by atoms with Crippen LogP contribution in [0.2, 0.25) is 0 Å². The third kappa shape index (κ3) is 5.37. The third-order valence-electron chi connectivity index (χ3n) is 8.70. The second-order valence-electron chi connectivity index (χ2n) is 12.0. The Bertz CT molecular complexity index is 935. The molecule has 4 saturated carbocycles. The van der Waals surface area contributed by atoms with E-state index >= 15 is 0 Å². The third-order valence-corrected chi connectivity index (χ3v) is 8.70. The van der Waals surface area contributed by atoms with Gasteiger partial charge >= 0.3 is 35.9 Å². The van der Waals surface area contributed by atoms with Gasteiger partial charge in [-0.3, -0.25) is 0 Å². The molecule has 194 valence electrons. The molecule has 0 unspecified atom stereocenters. The van der Waals surface area contributed by atoms with E-state index in [1.165, 1.54) is 66.5 Å². The van der Waals surface area contributed by atoms with Gasteiger partial charge in [0, 0.05) is 11.2 Å². The van der Waals surface area contributed by atoms with Crippen LogP contribution in [0.4, 0.5) is 5.69 Å². The van der Waals surface area contributed by atoms with Crippen molar-refractivity contribution in [3.8, 4) is 5.75 Å². The summed E-state index contributed by atoms with van der Waals surface area (Å²) in [6.07, 6.45) is 8.17. The van der Waals surface area contributed by atoms with Crippen LogP contribution in [-0.4, -0.2) is 5.54 Å². The van der Waals surface area contributed by atoms with E-state index in [4.69, 9.17) is 4.74 Å². The second-order valence-corrected chi connectivity index (χ2v) is 12.0. The minimum absolute atomic E-state index is 0.149. The van der Waals surface area contributed by atoms with Gasteiger partial charge in [-0.15, -0.1) is 0 Å². The van der Waals surface area contributed by atoms with Crippen LogP contribution in [0, 0.1) is 38.3 Å². The first-order valence-corrected chi connectivity index (χ1v) is 16.0. The first-order valence-electron chi connectivity index (χ1n) is 13.3. The first-order chi connectivity index (χ1) is 16.8. The second kappa shape index (κ2) is 11.2. The summed E-state index contributed by atoms with van der Waals surface area (Å²) in [6.45, 7) is 17.1. The molecule has 2 aromatic carbocycles. The van der Waals surface area contributed by atoms with Crippen LogP contribution >= 0.6 is 9.19 Å². The van der Waals surface area contributed by atoms with E-state index in [1.807, 2.05) is 0 Å². The molecular weight excluding hydrogens is 635 g/mol. The van der Waals surface area contributed by atoms with E-state index in [9.17, 15) is 0 Å². The van der Waals surface area contributed by atoms with Crippen molar-refractivity contribution in [3.05, 3.63) is 65.4 Å². The van der Waals surface area contributed by atoms with Crippen molar-refractivity contribution in [2.24, 2.45) is 17.8 Å². The molecule has 4 aliphatic rings. The molecule has 2 radical (unpaired) electrons. The summed E-state index contributed by atoms with van der Waals surface area (Å²) >= 11 is 1.75. The van der Waals surface area contributed by atoms with E-state index < -0.39 is 0 Å². The predicted molar refractivity (Wildman–Crippen MR) is 144 cm³/mol. The molecule has 0 spiro atoms. The maximum absolute atomic E-state index is 6.68. The zero-order chi connectivity index (χ0) is 25.3. The van der Waals surface area contributed by atoms with Crippen LogP contribution < -0.4 is 9.64 Å². The van der Waals surface area contributed by atoms with Crippen molar-refractivity contribution in [2.45, 2.75) is 97.4 Å². The maximum atomic E-state index is 6.68. The number of nitrogens with zero attached hydrogens (tertiary/aromatic N) is 1. The molecule has 35 heavy (non-hydrogen) atoms. The number of hydrogen-bond donors (Lipinski definition) is 0. The average molecular weight is 676 g/mol. The zero-order valence-corrected chi connectivity index (χ0v) is 25.1. The van der Waals surface area contributed by atoms with Gasteiger partial charge in [-0.2, -0.15) is 0 Å². The molecule has 4 aliphatic carbocycles. The summed E-state index contributed by atoms with van der Waals surface area (Å²) in [6, 6.07) is 13.3. The molecular formula is C31H41AuClNO. The molecule has 4 heteroatoms. The van der Waals surface area contributed by atoms with E-state index in [2.05, 4.69) is 98.8 Å². The number of ether oxygens (including phenoxy) is 1. The fourth-order valence-electron chi connectivity index (χ4n) is 7.57. The van der Waals surface area contributed by atoms with E-state index in [0.29, 0.717) is 11.8 Å². The van der Waals surface area contributed by atoms with Crippen molar-refractivity contribution in [2.75, 3.05) is 4.90 Å². The molecule has 0 aromatic heterocycles. The Balaban J connectivity index is 0.00000141. The summed E-state index contributed by atoms with van der Waals surface area (Å²) in [7, 11) is 4.58. The van der Waals surface area contributed by atoms with Crippen molar-refractivity contribution < 1.29 is 24.7 Å². The monoisotopic (exact) mass is 675 g/mol. The Kier molecular flexibility index (Phi) is 8.69. The summed E-state index contributed by atoms with van der Waals surface area (Å²) < 4.78 is 6.68. The Morgan fingerprint density at radius 2 is 1.26 bits per heavy atom. The van der Waals surface area contributed by atoms with Gasteiger partial charge in [0.25, 0.3) is 0 Å². The zero-order valence-electron chi connectivity index (χ0n) is 22.1. The van der Waals surface area contributed by atoms with Gasteiger partial charge in [-0.1, -0.05) is 64.1 Å². The fourth-order valence-corrected chi connectivity index (χ4v) is 7.57. The molecule has 0 saturated heterocycles. The molecule has 0 N–H and O–H groups in total. The van der Waals surface area contributed by atoms with Crippen LogP contribution in [0.3, 0.4) is 0 Å². The topological polar surface area (TPSA) is 12.5 Å². The molecule has 4 bridgehead atoms. The molecule has 2 aromatic rings. The molecule has 4 fully saturated rings. The van der Waals surface area contributed by atoms with Gasteiger partial charge in [-0.05, 0) is 104 Å². The molecule has 2 nitrogen and oxygen atoms in total. The van der Waals surface area contributed by atoms with Crippen molar-refractivity contribution in [3.63, 3.8) is 0 Å². The fraction of sp³-hybridized carbons (Fsp3) is 0.581. The Labute approximate surface area is 229 Å². The SMILES string of the molecule is Cc1cccc(C)c1N([C]Oc1c(C(C)C)cccc1C(C)C)C12CC3CC(CC(C3)C1)C2.[Cl][Au]. The number of benzene rings is 2. The normalized spacial score (nSPS) is 26.7. The number of rotatable bonds is 7. The van der Waals surface area contributed by atoms with E-state index in [0.717, 1.165) is 23.5 Å². The Hall–Kier alpha value is -0.930. The Morgan fingerprint density at radius 3 is 1.69 bits per heavy atom. The van der Waals surface area contributed by atoms with Crippen molar-refractivity contribution >= 4 is 14.9 Å². The standard InChI is InChI=1S/C31H41NO.Au.ClH/c1-20(2)27-11-8-12-28(21(3)4)30(27)33-19-32(29-22(5)9-7-10-23(29)6)31-16-24-13-25(17-31)15-26(14-24)18-31;;/h7-12,20-21,24-26H,13-18H2,1-6H3;;1H/q;+1;/p-1. The van der Waals surface area contributed by atoms with Crippen molar-refractivity contribution in [1.82, 2.24) is 0 Å². The van der Waals surface area contributed by atoms with E-state index in [-0.39, 0.29) is 5.54 Å². The van der Waals surface area contributed by atoms with Gasteiger partial charge in [0.2, 0.25) is 0 Å². The van der Waals surface area contributed by atoms with Gasteiger partial charge in [-0.25, -0.2) is 0 Å². The number of anilines is 1. The molecule has 6 rings (SSSR count). The quantitative estimate of drug-likeness (QED) is 0.215. The van der Waals surface area contributed by atoms with Crippen LogP contribution in [0.1, 0.15) is 100 Å². The van der Waals surface area contributed by atoms with E-state index in [1.54, 1.807) is 20.0 Å². The number of halogens is 1. The Morgan fingerprint density at radius 1 is 0.829 bits per heavy atom. The van der Waals surface area contributed by atoms with Crippen LogP contribution in [0.15, 0.2) is 36.4 Å². The molecule has 0 amide bonds. The van der Waals surface area contributed by atoms with Crippen LogP contribution in [0.5, 0.6) is 5.75 Å². The van der Waals surface area contributed by atoms with Crippen LogP contribution in [0.25, 0.3) is 0 Å². The number of para-hydroxylation sites is 2. The van der Waals surface area contributed by atoms with Gasteiger partial charge in [0.1, 0.15) is 5.75 Å². The summed E-state index contributed by atoms with van der Waals surface area (Å²) in [5.41, 5.74) is 6.66. The average Bonchev–Trinajstić information content (AvgIpc) is 2.81. The number of hydrogen-bond acceptors (Lipinski definition) is 2. The molecule has 0 atom stereocenters. The number of aryl methyl sites for hydroxylation is 2. The van der Waals surface area contributed by atoms with Gasteiger partial charge in [0.15, 0.2) is 0 Å². The summed E-state index contributed by atoms with van der Waals surface area (Å²) in [5.74, 6) is 4.46. The van der Waals surface area contributed by atoms with Crippen LogP contribution in [-0.2, 0) is 20.0 Å². The first kappa shape index (κ1) is 27.1. The molecule has 0 heterocycles. The van der Waals surface area contributed by atoms with Gasteiger partial charge < -0.3 is 9.64 Å². The minimum atomic E-state index is 0.149. The van der Waals surface area contributed by atoms with Crippen molar-refractivity contribution in [1.29, 1.82) is 0 Å². The predicted octanol–water partition coefficient (Wildman–Crippen LogP) is 9.09. The summed E-state index contributed by atoms with van der Waals surface area (Å²) in [5, 5.41) is 0.